The highest BCUT2D eigenvalue weighted by Gasteiger charge is 2.38. The van der Waals surface area contributed by atoms with Crippen LogP contribution in [0.4, 0.5) is 17.1 Å². The van der Waals surface area contributed by atoms with Crippen LogP contribution in [0.5, 0.6) is 0 Å². The zero-order chi connectivity index (χ0) is 42.9. The summed E-state index contributed by atoms with van der Waals surface area (Å²) in [7, 11) is 0. The smallest absolute Gasteiger partial charge is 0.143 e. The Balaban J connectivity index is 0.990. The lowest BCUT2D eigenvalue weighted by molar-refractivity contribution is 0.660. The second-order valence-corrected chi connectivity index (χ2v) is 18.8. The van der Waals surface area contributed by atoms with Crippen molar-refractivity contribution in [2.45, 2.75) is 38.5 Å². The molecule has 0 saturated heterocycles. The van der Waals surface area contributed by atoms with E-state index in [1.165, 1.54) is 77.2 Å². The van der Waals surface area contributed by atoms with Crippen molar-refractivity contribution in [3.8, 4) is 44.5 Å². The molecule has 11 aromatic rings. The van der Waals surface area contributed by atoms with Gasteiger partial charge in [0.15, 0.2) is 0 Å². The molecule has 1 heterocycles. The van der Waals surface area contributed by atoms with Crippen LogP contribution in [0, 0.1) is 0 Å². The number of hydrogen-bond acceptors (Lipinski definition) is 2. The Hall–Kier alpha value is -7.68. The molecule has 64 heavy (non-hydrogen) atoms. The molecule has 2 heteroatoms. The lowest BCUT2D eigenvalue weighted by Crippen LogP contribution is -2.18. The second kappa shape index (κ2) is 13.4. The van der Waals surface area contributed by atoms with E-state index >= 15 is 0 Å². The number of nitrogens with zero attached hydrogens (tertiary/aromatic N) is 1. The van der Waals surface area contributed by atoms with Crippen molar-refractivity contribution in [3.05, 3.63) is 222 Å². The molecular formula is C62H45NO. The Kier molecular flexibility index (Phi) is 7.74. The molecule has 0 aliphatic heterocycles. The SMILES string of the molecule is CC1(C)c2ccccc2-c2ccc(N(c3ccc(-c4cc(-c5ccccc5)c5c(c4)oc4c6ccccc6c6ccccc6c45)cc3)c3ccc4c(c3)C(C)(C)c3ccccc3-4)cc21. The van der Waals surface area contributed by atoms with Gasteiger partial charge in [-0.25, -0.2) is 0 Å². The highest BCUT2D eigenvalue weighted by atomic mass is 16.3. The third-order valence-electron chi connectivity index (χ3n) is 14.6. The normalized spacial score (nSPS) is 14.2. The average Bonchev–Trinajstić information content (AvgIpc) is 3.92. The largest absolute Gasteiger partial charge is 0.455 e. The number of furan rings is 1. The summed E-state index contributed by atoms with van der Waals surface area (Å²) in [4.78, 5) is 2.45. The molecule has 0 N–H and O–H groups in total. The number of fused-ring (bicyclic) bond motifs is 14. The molecule has 10 aromatic carbocycles. The standard InChI is InChI=1S/C62H45NO/c1-61(2)53-24-14-12-20-46(53)48-32-30-42(36-55(48)61)63(43-31-33-49-47-21-13-15-25-54(47)62(3,4)56(49)37-43)41-28-26-38(27-29-41)40-34-52(39-16-6-5-7-17-39)58-57(35-40)64-60-51-23-11-9-19-45(51)44-18-8-10-22-50(44)59(58)60/h5-37H,1-4H3. The average molecular weight is 820 g/mol. The minimum absolute atomic E-state index is 0.122. The highest BCUT2D eigenvalue weighted by molar-refractivity contribution is 6.32. The molecule has 0 radical (unpaired) electrons. The Morgan fingerprint density at radius 3 is 1.42 bits per heavy atom. The van der Waals surface area contributed by atoms with E-state index in [1.807, 2.05) is 0 Å². The third kappa shape index (κ3) is 5.20. The fraction of sp³-hybridized carbons (Fsp3) is 0.0968. The predicted molar refractivity (Wildman–Crippen MR) is 269 cm³/mol. The van der Waals surface area contributed by atoms with E-state index in [4.69, 9.17) is 4.42 Å². The monoisotopic (exact) mass is 819 g/mol. The summed E-state index contributed by atoms with van der Waals surface area (Å²) in [6.45, 7) is 9.46. The molecule has 304 valence electrons. The molecule has 1 aromatic heterocycles. The van der Waals surface area contributed by atoms with Gasteiger partial charge in [0.25, 0.3) is 0 Å². The van der Waals surface area contributed by atoms with E-state index < -0.39 is 0 Å². The minimum atomic E-state index is -0.122. The maximum absolute atomic E-state index is 7.02. The van der Waals surface area contributed by atoms with Crippen LogP contribution in [0.1, 0.15) is 49.9 Å². The molecule has 0 saturated carbocycles. The van der Waals surface area contributed by atoms with Crippen LogP contribution in [0.25, 0.3) is 88.0 Å². The van der Waals surface area contributed by atoms with Crippen molar-refractivity contribution in [2.75, 3.05) is 4.90 Å². The van der Waals surface area contributed by atoms with Gasteiger partial charge in [-0.3, -0.25) is 0 Å². The molecule has 2 aliphatic rings. The van der Waals surface area contributed by atoms with E-state index in [1.54, 1.807) is 0 Å². The lowest BCUT2D eigenvalue weighted by Gasteiger charge is -2.30. The summed E-state index contributed by atoms with van der Waals surface area (Å²) < 4.78 is 7.02. The first-order valence-electron chi connectivity index (χ1n) is 22.5. The minimum Gasteiger partial charge on any atom is -0.455 e. The van der Waals surface area contributed by atoms with E-state index in [2.05, 4.69) is 233 Å². The van der Waals surface area contributed by atoms with E-state index in [-0.39, 0.29) is 10.8 Å². The van der Waals surface area contributed by atoms with Crippen molar-refractivity contribution in [3.63, 3.8) is 0 Å². The number of rotatable bonds is 5. The number of anilines is 3. The first-order valence-corrected chi connectivity index (χ1v) is 22.5. The van der Waals surface area contributed by atoms with Gasteiger partial charge in [-0.1, -0.05) is 179 Å². The third-order valence-corrected chi connectivity index (χ3v) is 14.6. The summed E-state index contributed by atoms with van der Waals surface area (Å²) in [5.41, 5.74) is 20.4. The summed E-state index contributed by atoms with van der Waals surface area (Å²) in [5.74, 6) is 0. The molecule has 13 rings (SSSR count). The Morgan fingerprint density at radius 2 is 0.812 bits per heavy atom. The van der Waals surface area contributed by atoms with Crippen LogP contribution in [-0.2, 0) is 10.8 Å². The first kappa shape index (κ1) is 36.9. The van der Waals surface area contributed by atoms with Crippen LogP contribution in [0.3, 0.4) is 0 Å². The fourth-order valence-electron chi connectivity index (χ4n) is 11.5. The number of hydrogen-bond donors (Lipinski definition) is 0. The maximum Gasteiger partial charge on any atom is 0.143 e. The lowest BCUT2D eigenvalue weighted by atomic mass is 9.82. The van der Waals surface area contributed by atoms with Gasteiger partial charge in [-0.05, 0) is 131 Å². The molecule has 0 spiro atoms. The zero-order valence-corrected chi connectivity index (χ0v) is 36.4. The van der Waals surface area contributed by atoms with Crippen LogP contribution < -0.4 is 4.90 Å². The van der Waals surface area contributed by atoms with Crippen molar-refractivity contribution in [1.29, 1.82) is 0 Å². The summed E-state index contributed by atoms with van der Waals surface area (Å²) in [6, 6.07) is 73.9. The fourth-order valence-corrected chi connectivity index (χ4v) is 11.5. The van der Waals surface area contributed by atoms with Gasteiger partial charge < -0.3 is 9.32 Å². The van der Waals surface area contributed by atoms with Gasteiger partial charge in [0.2, 0.25) is 0 Å². The predicted octanol–water partition coefficient (Wildman–Crippen LogP) is 17.3. The Bertz CT molecular complexity index is 3610. The molecule has 0 atom stereocenters. The van der Waals surface area contributed by atoms with Gasteiger partial charge in [-0.2, -0.15) is 0 Å². The molecular weight excluding hydrogens is 775 g/mol. The number of benzene rings is 10. The maximum atomic E-state index is 7.02. The van der Waals surface area contributed by atoms with E-state index in [0.717, 1.165) is 50.1 Å². The van der Waals surface area contributed by atoms with Crippen LogP contribution >= 0.6 is 0 Å². The van der Waals surface area contributed by atoms with Gasteiger partial charge in [0.05, 0.1) is 0 Å². The second-order valence-electron chi connectivity index (χ2n) is 18.8. The molecule has 0 fully saturated rings. The molecule has 0 unspecified atom stereocenters. The topological polar surface area (TPSA) is 16.4 Å². The quantitative estimate of drug-likeness (QED) is 0.161. The summed E-state index contributed by atoms with van der Waals surface area (Å²) >= 11 is 0. The van der Waals surface area contributed by atoms with Crippen molar-refractivity contribution >= 4 is 60.5 Å². The Labute approximate surface area is 373 Å². The van der Waals surface area contributed by atoms with Crippen LogP contribution in [0.15, 0.2) is 205 Å². The van der Waals surface area contributed by atoms with Crippen molar-refractivity contribution < 1.29 is 4.42 Å². The first-order chi connectivity index (χ1) is 31.3. The van der Waals surface area contributed by atoms with Gasteiger partial charge in [0, 0.05) is 44.1 Å². The molecule has 2 nitrogen and oxygen atoms in total. The van der Waals surface area contributed by atoms with Gasteiger partial charge in [0.1, 0.15) is 11.2 Å². The van der Waals surface area contributed by atoms with Gasteiger partial charge >= 0.3 is 0 Å². The zero-order valence-electron chi connectivity index (χ0n) is 36.4. The molecule has 2 aliphatic carbocycles. The summed E-state index contributed by atoms with van der Waals surface area (Å²) in [5, 5.41) is 7.11. The Morgan fingerprint density at radius 1 is 0.328 bits per heavy atom. The summed E-state index contributed by atoms with van der Waals surface area (Å²) in [6.07, 6.45) is 0. The van der Waals surface area contributed by atoms with Crippen molar-refractivity contribution in [2.24, 2.45) is 0 Å². The van der Waals surface area contributed by atoms with Crippen LogP contribution in [0.2, 0.25) is 0 Å². The van der Waals surface area contributed by atoms with E-state index in [9.17, 15) is 0 Å². The molecule has 0 amide bonds. The molecule has 0 bridgehead atoms. The van der Waals surface area contributed by atoms with Gasteiger partial charge in [-0.15, -0.1) is 0 Å². The highest BCUT2D eigenvalue weighted by Crippen LogP contribution is 2.53. The van der Waals surface area contributed by atoms with Crippen LogP contribution in [-0.4, -0.2) is 0 Å². The van der Waals surface area contributed by atoms with E-state index in [0.29, 0.717) is 0 Å². The van der Waals surface area contributed by atoms with Crippen molar-refractivity contribution in [1.82, 2.24) is 0 Å².